The van der Waals surface area contributed by atoms with E-state index in [9.17, 15) is 13.2 Å². The third-order valence-electron chi connectivity index (χ3n) is 3.81. The van der Waals surface area contributed by atoms with Gasteiger partial charge in [0.15, 0.2) is 9.84 Å². The highest BCUT2D eigenvalue weighted by molar-refractivity contribution is 7.90. The molecule has 0 atom stereocenters. The average Bonchev–Trinajstić information content (AvgIpc) is 2.98. The number of nitrogens with two attached hydrogens (primary N) is 1. The van der Waals surface area contributed by atoms with Gasteiger partial charge in [0.05, 0.1) is 4.90 Å². The number of carbonyl (C=O) groups excluding carboxylic acids is 1. The third-order valence-corrected chi connectivity index (χ3v) is 5.13. The molecular formula is C16H24ClNO3S. The van der Waals surface area contributed by atoms with Gasteiger partial charge in [-0.2, -0.15) is 0 Å². The van der Waals surface area contributed by atoms with Crippen LogP contribution in [-0.2, 0) is 21.2 Å². The zero-order chi connectivity index (χ0) is 16.6. The quantitative estimate of drug-likeness (QED) is 0.831. The smallest absolute Gasteiger partial charge is 0.221 e. The number of benzene rings is 1. The summed E-state index contributed by atoms with van der Waals surface area (Å²) >= 11 is 5.22. The fourth-order valence-electron chi connectivity index (χ4n) is 2.49. The third kappa shape index (κ3) is 7.38. The van der Waals surface area contributed by atoms with Crippen LogP contribution in [0.15, 0.2) is 29.2 Å². The van der Waals surface area contributed by atoms with E-state index in [2.05, 4.69) is 0 Å². The van der Waals surface area contributed by atoms with E-state index in [0.717, 1.165) is 17.9 Å². The monoisotopic (exact) mass is 345 g/mol. The van der Waals surface area contributed by atoms with Gasteiger partial charge in [-0.1, -0.05) is 37.8 Å². The number of halogens is 1. The minimum atomic E-state index is -3.07. The number of rotatable bonds is 5. The lowest BCUT2D eigenvalue weighted by molar-refractivity contribution is -0.111. The van der Waals surface area contributed by atoms with Gasteiger partial charge in [0.1, 0.15) is 0 Å². The topological polar surface area (TPSA) is 77.2 Å². The Labute approximate surface area is 138 Å². The van der Waals surface area contributed by atoms with Gasteiger partial charge in [0.2, 0.25) is 5.24 Å². The molecule has 0 heterocycles. The molecule has 0 spiro atoms. The molecule has 0 amide bonds. The summed E-state index contributed by atoms with van der Waals surface area (Å²) < 4.78 is 22.0. The Morgan fingerprint density at radius 1 is 1.23 bits per heavy atom. The van der Waals surface area contributed by atoms with E-state index in [1.54, 1.807) is 24.3 Å². The average molecular weight is 346 g/mol. The maximum absolute atomic E-state index is 11.0. The molecule has 0 aromatic heterocycles. The van der Waals surface area contributed by atoms with Crippen molar-refractivity contribution in [1.82, 2.24) is 0 Å². The van der Waals surface area contributed by atoms with Crippen LogP contribution in [-0.4, -0.2) is 19.9 Å². The number of carbonyl (C=O) groups is 1. The first-order valence-corrected chi connectivity index (χ1v) is 9.77. The van der Waals surface area contributed by atoms with E-state index < -0.39 is 9.84 Å². The van der Waals surface area contributed by atoms with Crippen molar-refractivity contribution >= 4 is 26.7 Å². The zero-order valence-corrected chi connectivity index (χ0v) is 14.5. The van der Waals surface area contributed by atoms with Crippen molar-refractivity contribution in [2.24, 2.45) is 11.7 Å². The van der Waals surface area contributed by atoms with Crippen molar-refractivity contribution in [3.63, 3.8) is 0 Å². The summed E-state index contributed by atoms with van der Waals surface area (Å²) in [5.41, 5.74) is 6.29. The van der Waals surface area contributed by atoms with Crippen LogP contribution in [0.2, 0.25) is 0 Å². The van der Waals surface area contributed by atoms with Crippen LogP contribution in [0.25, 0.3) is 0 Å². The van der Waals surface area contributed by atoms with Crippen molar-refractivity contribution in [3.05, 3.63) is 29.8 Å². The second kappa shape index (κ2) is 9.28. The number of hydrogen-bond acceptors (Lipinski definition) is 4. The molecule has 0 aliphatic heterocycles. The molecule has 1 aromatic carbocycles. The molecule has 0 radical (unpaired) electrons. The molecule has 1 fully saturated rings. The van der Waals surface area contributed by atoms with Crippen molar-refractivity contribution in [2.45, 2.75) is 50.0 Å². The molecule has 4 nitrogen and oxygen atoms in total. The fraction of sp³-hybridized carbons (Fsp3) is 0.562. The van der Waals surface area contributed by atoms with E-state index in [0.29, 0.717) is 17.9 Å². The molecule has 1 aromatic rings. The van der Waals surface area contributed by atoms with Crippen molar-refractivity contribution in [2.75, 3.05) is 6.26 Å². The minimum absolute atomic E-state index is 0.174. The second-order valence-electron chi connectivity index (χ2n) is 5.66. The first-order chi connectivity index (χ1) is 10.3. The number of hydrogen-bond donors (Lipinski definition) is 1. The molecule has 0 saturated heterocycles. The van der Waals surface area contributed by atoms with Crippen LogP contribution in [0.5, 0.6) is 0 Å². The van der Waals surface area contributed by atoms with Crippen molar-refractivity contribution < 1.29 is 13.2 Å². The maximum Gasteiger partial charge on any atom is 0.221 e. The van der Waals surface area contributed by atoms with E-state index in [-0.39, 0.29) is 5.24 Å². The molecule has 1 aliphatic carbocycles. The Morgan fingerprint density at radius 3 is 2.18 bits per heavy atom. The van der Waals surface area contributed by atoms with Gasteiger partial charge in [0.25, 0.3) is 0 Å². The molecule has 2 rings (SSSR count). The standard InChI is InChI=1S/C8H13ClO.C8H11NO2S/c9-8(10)6-5-7-3-1-2-4-7;1-12(10,11)8-4-2-7(6-9)3-5-8/h7H,1-6H2;2-5H,6,9H2,1H3. The molecule has 0 unspecified atom stereocenters. The Kier molecular flexibility index (Phi) is 8.07. The van der Waals surface area contributed by atoms with Gasteiger partial charge >= 0.3 is 0 Å². The van der Waals surface area contributed by atoms with Crippen molar-refractivity contribution in [1.29, 1.82) is 0 Å². The molecule has 124 valence electrons. The highest BCUT2D eigenvalue weighted by Crippen LogP contribution is 2.28. The highest BCUT2D eigenvalue weighted by Gasteiger charge is 2.15. The molecule has 0 bridgehead atoms. The summed E-state index contributed by atoms with van der Waals surface area (Å²) in [7, 11) is -3.07. The summed E-state index contributed by atoms with van der Waals surface area (Å²) in [6.45, 7) is 0.435. The van der Waals surface area contributed by atoms with Crippen LogP contribution < -0.4 is 5.73 Å². The number of sulfone groups is 1. The predicted molar refractivity (Wildman–Crippen MR) is 89.5 cm³/mol. The van der Waals surface area contributed by atoms with Gasteiger partial charge in [0, 0.05) is 19.2 Å². The first-order valence-electron chi connectivity index (χ1n) is 7.50. The largest absolute Gasteiger partial charge is 0.326 e. The van der Waals surface area contributed by atoms with Gasteiger partial charge in [-0.05, 0) is 41.6 Å². The first kappa shape index (κ1) is 19.1. The maximum atomic E-state index is 11.0. The van der Waals surface area contributed by atoms with Crippen LogP contribution in [0.1, 0.15) is 44.1 Å². The van der Waals surface area contributed by atoms with E-state index in [1.807, 2.05) is 0 Å². The van der Waals surface area contributed by atoms with Crippen LogP contribution in [0.4, 0.5) is 0 Å². The molecule has 1 saturated carbocycles. The van der Waals surface area contributed by atoms with E-state index >= 15 is 0 Å². The van der Waals surface area contributed by atoms with Gasteiger partial charge in [-0.3, -0.25) is 4.79 Å². The lowest BCUT2D eigenvalue weighted by Crippen LogP contribution is -1.99. The lowest BCUT2D eigenvalue weighted by Gasteiger charge is -2.04. The molecule has 2 N–H and O–H groups in total. The fourth-order valence-corrected chi connectivity index (χ4v) is 3.23. The van der Waals surface area contributed by atoms with Gasteiger partial charge < -0.3 is 5.73 Å². The predicted octanol–water partition coefficient (Wildman–Crippen LogP) is 3.27. The molecule has 22 heavy (non-hydrogen) atoms. The van der Waals surface area contributed by atoms with Gasteiger partial charge in [-0.15, -0.1) is 0 Å². The van der Waals surface area contributed by atoms with Crippen LogP contribution >= 0.6 is 11.6 Å². The Balaban J connectivity index is 0.000000224. The second-order valence-corrected chi connectivity index (χ2v) is 8.10. The summed E-state index contributed by atoms with van der Waals surface area (Å²) in [5, 5.41) is -0.174. The summed E-state index contributed by atoms with van der Waals surface area (Å²) in [6, 6.07) is 6.57. The van der Waals surface area contributed by atoms with E-state index in [4.69, 9.17) is 17.3 Å². The minimum Gasteiger partial charge on any atom is -0.326 e. The normalized spacial score (nSPS) is 15.2. The molecule has 1 aliphatic rings. The van der Waals surface area contributed by atoms with Crippen molar-refractivity contribution in [3.8, 4) is 0 Å². The van der Waals surface area contributed by atoms with Crippen LogP contribution in [0.3, 0.4) is 0 Å². The lowest BCUT2D eigenvalue weighted by atomic mass is 10.0. The van der Waals surface area contributed by atoms with Crippen LogP contribution in [0, 0.1) is 5.92 Å². The summed E-state index contributed by atoms with van der Waals surface area (Å²) in [4.78, 5) is 10.7. The SMILES string of the molecule is CS(=O)(=O)c1ccc(CN)cc1.O=C(Cl)CCC1CCCC1. The Morgan fingerprint density at radius 2 is 1.77 bits per heavy atom. The summed E-state index contributed by atoms with van der Waals surface area (Å²) in [6.07, 6.45) is 8.09. The Bertz CT molecular complexity index is 564. The van der Waals surface area contributed by atoms with Gasteiger partial charge in [-0.25, -0.2) is 8.42 Å². The van der Waals surface area contributed by atoms with E-state index in [1.165, 1.54) is 31.9 Å². The zero-order valence-electron chi connectivity index (χ0n) is 12.9. The summed E-state index contributed by atoms with van der Waals surface area (Å²) in [5.74, 6) is 0.794. The molecule has 6 heteroatoms. The Hall–Kier alpha value is -0.910. The molecular weight excluding hydrogens is 322 g/mol. The highest BCUT2D eigenvalue weighted by atomic mass is 35.5.